The Labute approximate surface area is 117 Å². The Hall–Kier alpha value is -1.91. The third-order valence-electron chi connectivity index (χ3n) is 3.03. The molecule has 2 aromatic carbocycles. The fraction of sp³-hybridized carbons (Fsp3) is 0.250. The van der Waals surface area contributed by atoms with Gasteiger partial charge in [0.2, 0.25) is 0 Å². The number of halogens is 1. The fourth-order valence-corrected chi connectivity index (χ4v) is 1.84. The molecule has 3 nitrogen and oxygen atoms in total. The van der Waals surface area contributed by atoms with Crippen molar-refractivity contribution in [1.29, 1.82) is 0 Å². The zero-order valence-corrected chi connectivity index (χ0v) is 11.2. The summed E-state index contributed by atoms with van der Waals surface area (Å²) >= 11 is 0. The molecule has 2 rings (SSSR count). The van der Waals surface area contributed by atoms with Crippen LogP contribution in [0.4, 0.5) is 4.39 Å². The van der Waals surface area contributed by atoms with Gasteiger partial charge in [0.1, 0.15) is 18.2 Å². The predicted octanol–water partition coefficient (Wildman–Crippen LogP) is 2.95. The topological polar surface area (TPSA) is 49.7 Å². The Morgan fingerprint density at radius 2 is 1.75 bits per heavy atom. The zero-order chi connectivity index (χ0) is 14.5. The van der Waals surface area contributed by atoms with E-state index in [9.17, 15) is 9.50 Å². The number of hydrogen-bond acceptors (Lipinski definition) is 3. The Morgan fingerprint density at radius 1 is 1.10 bits per heavy atom. The number of aliphatic hydroxyl groups excluding tert-OH is 2. The minimum atomic E-state index is -0.838. The SMILES string of the molecule is C[C@H](O)c1ccc(OCc2ccc(CO)cc2)cc1F. The molecule has 0 aliphatic carbocycles. The summed E-state index contributed by atoms with van der Waals surface area (Å²) in [5, 5.41) is 18.3. The van der Waals surface area contributed by atoms with Crippen molar-refractivity contribution in [2.24, 2.45) is 0 Å². The van der Waals surface area contributed by atoms with Crippen molar-refractivity contribution in [1.82, 2.24) is 0 Å². The lowest BCUT2D eigenvalue weighted by atomic mass is 10.1. The summed E-state index contributed by atoms with van der Waals surface area (Å²) in [5.74, 6) is -0.0636. The van der Waals surface area contributed by atoms with Crippen LogP contribution in [0.5, 0.6) is 5.75 Å². The van der Waals surface area contributed by atoms with E-state index in [0.717, 1.165) is 11.1 Å². The molecule has 20 heavy (non-hydrogen) atoms. The average Bonchev–Trinajstić information content (AvgIpc) is 2.45. The van der Waals surface area contributed by atoms with Gasteiger partial charge < -0.3 is 14.9 Å². The van der Waals surface area contributed by atoms with E-state index in [1.54, 1.807) is 6.07 Å². The molecule has 0 spiro atoms. The highest BCUT2D eigenvalue weighted by Gasteiger charge is 2.09. The van der Waals surface area contributed by atoms with E-state index < -0.39 is 11.9 Å². The predicted molar refractivity (Wildman–Crippen MR) is 73.7 cm³/mol. The molecule has 106 valence electrons. The summed E-state index contributed by atoms with van der Waals surface area (Å²) in [4.78, 5) is 0. The molecule has 0 saturated heterocycles. The lowest BCUT2D eigenvalue weighted by molar-refractivity contribution is 0.194. The van der Waals surface area contributed by atoms with E-state index in [0.29, 0.717) is 12.4 Å². The highest BCUT2D eigenvalue weighted by Crippen LogP contribution is 2.22. The van der Waals surface area contributed by atoms with Crippen LogP contribution in [0.3, 0.4) is 0 Å². The standard InChI is InChI=1S/C16H17FO3/c1-11(19)15-7-6-14(8-16(15)17)20-10-13-4-2-12(9-18)3-5-13/h2-8,11,18-19H,9-10H2,1H3/t11-/m0/s1. The van der Waals surface area contributed by atoms with Gasteiger partial charge in [-0.25, -0.2) is 4.39 Å². The van der Waals surface area contributed by atoms with Crippen LogP contribution < -0.4 is 4.74 Å². The van der Waals surface area contributed by atoms with E-state index in [1.165, 1.54) is 19.1 Å². The fourth-order valence-electron chi connectivity index (χ4n) is 1.84. The van der Waals surface area contributed by atoms with Gasteiger partial charge in [0.15, 0.2) is 0 Å². The van der Waals surface area contributed by atoms with Crippen molar-refractivity contribution in [3.05, 3.63) is 65.0 Å². The Morgan fingerprint density at radius 3 is 2.30 bits per heavy atom. The molecule has 4 heteroatoms. The average molecular weight is 276 g/mol. The first-order chi connectivity index (χ1) is 9.60. The number of rotatable bonds is 5. The van der Waals surface area contributed by atoms with Crippen molar-refractivity contribution >= 4 is 0 Å². The second-order valence-electron chi connectivity index (χ2n) is 4.62. The van der Waals surface area contributed by atoms with E-state index in [4.69, 9.17) is 9.84 Å². The second kappa shape index (κ2) is 6.50. The van der Waals surface area contributed by atoms with Crippen molar-refractivity contribution in [2.45, 2.75) is 26.2 Å². The smallest absolute Gasteiger partial charge is 0.132 e. The highest BCUT2D eigenvalue weighted by atomic mass is 19.1. The van der Waals surface area contributed by atoms with Gasteiger partial charge in [-0.1, -0.05) is 24.3 Å². The molecule has 1 atom stereocenters. The molecule has 2 aromatic rings. The van der Waals surface area contributed by atoms with E-state index >= 15 is 0 Å². The molecule has 0 heterocycles. The highest BCUT2D eigenvalue weighted by molar-refractivity contribution is 5.30. The monoisotopic (exact) mass is 276 g/mol. The van der Waals surface area contributed by atoms with Crippen LogP contribution in [0.15, 0.2) is 42.5 Å². The van der Waals surface area contributed by atoms with Gasteiger partial charge in [0, 0.05) is 11.6 Å². The first-order valence-electron chi connectivity index (χ1n) is 6.39. The van der Waals surface area contributed by atoms with Crippen LogP contribution in [0.25, 0.3) is 0 Å². The van der Waals surface area contributed by atoms with Gasteiger partial charge in [-0.15, -0.1) is 0 Å². The first kappa shape index (κ1) is 14.5. The van der Waals surface area contributed by atoms with Crippen LogP contribution >= 0.6 is 0 Å². The number of benzene rings is 2. The number of hydrogen-bond donors (Lipinski definition) is 2. The molecule has 0 aromatic heterocycles. The molecule has 0 radical (unpaired) electrons. The third-order valence-corrected chi connectivity index (χ3v) is 3.03. The minimum Gasteiger partial charge on any atom is -0.489 e. The molecule has 0 aliphatic rings. The van der Waals surface area contributed by atoms with Gasteiger partial charge >= 0.3 is 0 Å². The third kappa shape index (κ3) is 3.56. The molecule has 0 unspecified atom stereocenters. The summed E-state index contributed by atoms with van der Waals surface area (Å²) in [6.45, 7) is 1.84. The Bertz CT molecular complexity index is 564. The lowest BCUT2D eigenvalue weighted by Gasteiger charge is -2.10. The number of aliphatic hydroxyl groups is 2. The summed E-state index contributed by atoms with van der Waals surface area (Å²) in [6.07, 6.45) is -0.838. The van der Waals surface area contributed by atoms with Gasteiger partial charge in [-0.2, -0.15) is 0 Å². The van der Waals surface area contributed by atoms with Crippen LogP contribution in [0.2, 0.25) is 0 Å². The zero-order valence-electron chi connectivity index (χ0n) is 11.2. The molecular formula is C16H17FO3. The van der Waals surface area contributed by atoms with Crippen LogP contribution in [0, 0.1) is 5.82 Å². The molecule has 0 amide bonds. The van der Waals surface area contributed by atoms with Gasteiger partial charge in [-0.3, -0.25) is 0 Å². The molecule has 0 saturated carbocycles. The maximum Gasteiger partial charge on any atom is 0.132 e. The van der Waals surface area contributed by atoms with Gasteiger partial charge in [0.05, 0.1) is 12.7 Å². The van der Waals surface area contributed by atoms with Gasteiger partial charge in [0.25, 0.3) is 0 Å². The molecule has 0 fully saturated rings. The van der Waals surface area contributed by atoms with E-state index in [2.05, 4.69) is 0 Å². The van der Waals surface area contributed by atoms with Crippen molar-refractivity contribution in [3.63, 3.8) is 0 Å². The quantitative estimate of drug-likeness (QED) is 0.882. The Balaban J connectivity index is 2.01. The minimum absolute atomic E-state index is 0.00710. The van der Waals surface area contributed by atoms with Crippen LogP contribution in [0.1, 0.15) is 29.7 Å². The maximum absolute atomic E-state index is 13.7. The van der Waals surface area contributed by atoms with Crippen molar-refractivity contribution in [2.75, 3.05) is 0 Å². The Kier molecular flexibility index (Phi) is 4.71. The summed E-state index contributed by atoms with van der Waals surface area (Å²) in [5.41, 5.74) is 2.02. The van der Waals surface area contributed by atoms with Crippen molar-refractivity contribution in [3.8, 4) is 5.75 Å². The largest absolute Gasteiger partial charge is 0.489 e. The van der Waals surface area contributed by atoms with Crippen LogP contribution in [-0.4, -0.2) is 10.2 Å². The molecule has 2 N–H and O–H groups in total. The van der Waals surface area contributed by atoms with E-state index in [-0.39, 0.29) is 12.2 Å². The summed E-state index contributed by atoms with van der Waals surface area (Å²) in [6, 6.07) is 11.8. The number of ether oxygens (including phenoxy) is 1. The first-order valence-corrected chi connectivity index (χ1v) is 6.39. The summed E-state index contributed by atoms with van der Waals surface area (Å²) < 4.78 is 19.2. The molecular weight excluding hydrogens is 259 g/mol. The van der Waals surface area contributed by atoms with Gasteiger partial charge in [-0.05, 0) is 30.2 Å². The summed E-state index contributed by atoms with van der Waals surface area (Å²) in [7, 11) is 0. The lowest BCUT2D eigenvalue weighted by Crippen LogP contribution is -1.99. The van der Waals surface area contributed by atoms with E-state index in [1.807, 2.05) is 24.3 Å². The van der Waals surface area contributed by atoms with Crippen molar-refractivity contribution < 1.29 is 19.3 Å². The second-order valence-corrected chi connectivity index (χ2v) is 4.62. The maximum atomic E-state index is 13.7. The van der Waals surface area contributed by atoms with Crippen LogP contribution in [-0.2, 0) is 13.2 Å². The normalized spacial score (nSPS) is 12.2. The molecule has 0 aliphatic heterocycles. The molecule has 0 bridgehead atoms.